The van der Waals surface area contributed by atoms with Crippen molar-refractivity contribution in [2.75, 3.05) is 13.2 Å². The number of benzene rings is 1. The molecule has 0 saturated carbocycles. The standard InChI is InChI=1S/C12H15NO3/c14-9-4-8-13-12(15)7-10-16-11-5-2-1-3-6-11/h1-3,5-6,9H,4,7-8,10H2,(H,13,15). The number of nitrogens with one attached hydrogen (secondary N) is 1. The molecule has 0 bridgehead atoms. The summed E-state index contributed by atoms with van der Waals surface area (Å²) in [4.78, 5) is 21.2. The Labute approximate surface area is 94.6 Å². The quantitative estimate of drug-likeness (QED) is 0.555. The van der Waals surface area contributed by atoms with E-state index in [-0.39, 0.29) is 5.91 Å². The lowest BCUT2D eigenvalue weighted by Crippen LogP contribution is -2.26. The van der Waals surface area contributed by atoms with E-state index in [9.17, 15) is 9.59 Å². The molecule has 16 heavy (non-hydrogen) atoms. The Hall–Kier alpha value is -1.84. The fraction of sp³-hybridized carbons (Fsp3) is 0.333. The van der Waals surface area contributed by atoms with Crippen molar-refractivity contribution in [1.29, 1.82) is 0 Å². The molecule has 0 spiro atoms. The molecule has 0 unspecified atom stereocenters. The summed E-state index contributed by atoms with van der Waals surface area (Å²) < 4.78 is 5.35. The average Bonchev–Trinajstić information content (AvgIpc) is 2.31. The Kier molecular flexibility index (Phi) is 5.70. The summed E-state index contributed by atoms with van der Waals surface area (Å²) in [6, 6.07) is 9.33. The van der Waals surface area contributed by atoms with Crippen LogP contribution in [0.3, 0.4) is 0 Å². The highest BCUT2D eigenvalue weighted by molar-refractivity contribution is 5.76. The van der Waals surface area contributed by atoms with Crippen molar-refractivity contribution in [3.8, 4) is 5.75 Å². The first-order valence-electron chi connectivity index (χ1n) is 5.21. The fourth-order valence-electron chi connectivity index (χ4n) is 1.14. The molecular formula is C12H15NO3. The van der Waals surface area contributed by atoms with Gasteiger partial charge in [0, 0.05) is 13.0 Å². The van der Waals surface area contributed by atoms with E-state index in [2.05, 4.69) is 5.32 Å². The second-order valence-corrected chi connectivity index (χ2v) is 3.22. The summed E-state index contributed by atoms with van der Waals surface area (Å²) in [6.45, 7) is 0.741. The van der Waals surface area contributed by atoms with Gasteiger partial charge in [-0.05, 0) is 12.1 Å². The summed E-state index contributed by atoms with van der Waals surface area (Å²) >= 11 is 0. The molecule has 0 heterocycles. The second kappa shape index (κ2) is 7.45. The zero-order chi connectivity index (χ0) is 11.6. The first kappa shape index (κ1) is 12.2. The number of carbonyl (C=O) groups excluding carboxylic acids is 2. The van der Waals surface area contributed by atoms with Crippen LogP contribution in [0, 0.1) is 0 Å². The molecule has 86 valence electrons. The largest absolute Gasteiger partial charge is 0.493 e. The van der Waals surface area contributed by atoms with E-state index in [0.717, 1.165) is 12.0 Å². The maximum absolute atomic E-state index is 11.2. The van der Waals surface area contributed by atoms with E-state index in [1.165, 1.54) is 0 Å². The predicted molar refractivity (Wildman–Crippen MR) is 60.2 cm³/mol. The molecule has 1 rings (SSSR count). The maximum Gasteiger partial charge on any atom is 0.223 e. The van der Waals surface area contributed by atoms with Gasteiger partial charge in [0.05, 0.1) is 13.0 Å². The number of para-hydroxylation sites is 1. The van der Waals surface area contributed by atoms with Crippen LogP contribution < -0.4 is 10.1 Å². The number of hydrogen-bond donors (Lipinski definition) is 1. The molecule has 4 nitrogen and oxygen atoms in total. The molecule has 0 aromatic heterocycles. The number of rotatable bonds is 7. The molecule has 4 heteroatoms. The van der Waals surface area contributed by atoms with Gasteiger partial charge >= 0.3 is 0 Å². The molecule has 1 amide bonds. The fourth-order valence-corrected chi connectivity index (χ4v) is 1.14. The van der Waals surface area contributed by atoms with Crippen LogP contribution >= 0.6 is 0 Å². The van der Waals surface area contributed by atoms with Gasteiger partial charge in [-0.25, -0.2) is 0 Å². The highest BCUT2D eigenvalue weighted by Gasteiger charge is 2.00. The van der Waals surface area contributed by atoms with Crippen LogP contribution in [0.15, 0.2) is 30.3 Å². The Balaban J connectivity index is 2.11. The summed E-state index contributed by atoms with van der Waals surface area (Å²) in [7, 11) is 0. The molecule has 0 aliphatic carbocycles. The molecule has 0 atom stereocenters. The Bertz CT molecular complexity index is 324. The van der Waals surface area contributed by atoms with Gasteiger partial charge in [-0.2, -0.15) is 0 Å². The summed E-state index contributed by atoms with van der Waals surface area (Å²) in [5, 5.41) is 2.62. The number of aldehydes is 1. The molecule has 0 aliphatic rings. The van der Waals surface area contributed by atoms with Gasteiger partial charge in [-0.1, -0.05) is 18.2 Å². The second-order valence-electron chi connectivity index (χ2n) is 3.22. The minimum absolute atomic E-state index is 0.0993. The van der Waals surface area contributed by atoms with E-state index in [1.807, 2.05) is 30.3 Å². The van der Waals surface area contributed by atoms with Crippen molar-refractivity contribution in [3.05, 3.63) is 30.3 Å². The lowest BCUT2D eigenvalue weighted by molar-refractivity contribution is -0.121. The third-order valence-corrected chi connectivity index (χ3v) is 1.93. The van der Waals surface area contributed by atoms with Crippen LogP contribution in [0.1, 0.15) is 12.8 Å². The Morgan fingerprint density at radius 1 is 1.31 bits per heavy atom. The molecule has 0 aliphatic heterocycles. The number of carbonyl (C=O) groups is 2. The minimum atomic E-state index is -0.0993. The summed E-state index contributed by atoms with van der Waals surface area (Å²) in [5.74, 6) is 0.654. The first-order valence-corrected chi connectivity index (χ1v) is 5.21. The third-order valence-electron chi connectivity index (χ3n) is 1.93. The summed E-state index contributed by atoms with van der Waals surface area (Å²) in [6.07, 6.45) is 1.43. The number of amides is 1. The maximum atomic E-state index is 11.2. The molecule has 0 fully saturated rings. The Morgan fingerprint density at radius 2 is 2.06 bits per heavy atom. The van der Waals surface area contributed by atoms with Gasteiger partial charge in [0.25, 0.3) is 0 Å². The van der Waals surface area contributed by atoms with E-state index in [4.69, 9.17) is 4.74 Å². The van der Waals surface area contributed by atoms with Crippen LogP contribution in [0.2, 0.25) is 0 Å². The number of ether oxygens (including phenoxy) is 1. The van der Waals surface area contributed by atoms with Crippen molar-refractivity contribution >= 4 is 12.2 Å². The zero-order valence-electron chi connectivity index (χ0n) is 9.02. The van der Waals surface area contributed by atoms with Gasteiger partial charge in [0.15, 0.2) is 0 Å². The van der Waals surface area contributed by atoms with Crippen LogP contribution in [-0.4, -0.2) is 25.3 Å². The van der Waals surface area contributed by atoms with Crippen LogP contribution in [-0.2, 0) is 9.59 Å². The smallest absolute Gasteiger partial charge is 0.223 e. The van der Waals surface area contributed by atoms with E-state index >= 15 is 0 Å². The normalized spacial score (nSPS) is 9.50. The zero-order valence-corrected chi connectivity index (χ0v) is 9.02. The summed E-state index contributed by atoms with van der Waals surface area (Å²) in [5.41, 5.74) is 0. The first-order chi connectivity index (χ1) is 7.83. The monoisotopic (exact) mass is 221 g/mol. The van der Waals surface area contributed by atoms with Crippen molar-refractivity contribution in [2.45, 2.75) is 12.8 Å². The highest BCUT2D eigenvalue weighted by atomic mass is 16.5. The molecule has 1 N–H and O–H groups in total. The van der Waals surface area contributed by atoms with Gasteiger partial charge in [0.2, 0.25) is 5.91 Å². The lowest BCUT2D eigenvalue weighted by atomic mass is 10.3. The third kappa shape index (κ3) is 5.14. The van der Waals surface area contributed by atoms with Gasteiger partial charge in [-0.3, -0.25) is 4.79 Å². The average molecular weight is 221 g/mol. The highest BCUT2D eigenvalue weighted by Crippen LogP contribution is 2.08. The minimum Gasteiger partial charge on any atom is -0.493 e. The van der Waals surface area contributed by atoms with Crippen molar-refractivity contribution < 1.29 is 14.3 Å². The van der Waals surface area contributed by atoms with Crippen LogP contribution in [0.4, 0.5) is 0 Å². The van der Waals surface area contributed by atoms with E-state index in [1.54, 1.807) is 0 Å². The van der Waals surface area contributed by atoms with Gasteiger partial charge in [0.1, 0.15) is 12.0 Å². The van der Waals surface area contributed by atoms with E-state index in [0.29, 0.717) is 26.0 Å². The van der Waals surface area contributed by atoms with Crippen LogP contribution in [0.5, 0.6) is 5.75 Å². The van der Waals surface area contributed by atoms with Gasteiger partial charge in [-0.15, -0.1) is 0 Å². The van der Waals surface area contributed by atoms with Crippen molar-refractivity contribution in [1.82, 2.24) is 5.32 Å². The van der Waals surface area contributed by atoms with E-state index < -0.39 is 0 Å². The molecule has 0 saturated heterocycles. The molecule has 1 aromatic carbocycles. The number of hydrogen-bond acceptors (Lipinski definition) is 3. The van der Waals surface area contributed by atoms with Crippen molar-refractivity contribution in [3.63, 3.8) is 0 Å². The molecule has 1 aromatic rings. The molecular weight excluding hydrogens is 206 g/mol. The predicted octanol–water partition coefficient (Wildman–Crippen LogP) is 1.16. The van der Waals surface area contributed by atoms with Crippen LogP contribution in [0.25, 0.3) is 0 Å². The van der Waals surface area contributed by atoms with Gasteiger partial charge < -0.3 is 14.8 Å². The molecule has 0 radical (unpaired) electrons. The van der Waals surface area contributed by atoms with Crippen molar-refractivity contribution in [2.24, 2.45) is 0 Å². The lowest BCUT2D eigenvalue weighted by Gasteiger charge is -2.05. The SMILES string of the molecule is O=CCCNC(=O)CCOc1ccccc1. The Morgan fingerprint density at radius 3 is 2.75 bits per heavy atom. The topological polar surface area (TPSA) is 55.4 Å².